The van der Waals surface area contributed by atoms with Crippen molar-refractivity contribution in [2.75, 3.05) is 0 Å². The third kappa shape index (κ3) is 12200. The fraction of sp³-hybridized carbons (Fsp3) is 0. The van der Waals surface area contributed by atoms with E-state index in [1.165, 1.54) is 0 Å². The monoisotopic (exact) mass is 427 g/mol. The van der Waals surface area contributed by atoms with Gasteiger partial charge in [-0.25, -0.2) is 0 Å². The maximum Gasteiger partial charge on any atom is 1.00 e. The van der Waals surface area contributed by atoms with E-state index >= 15 is 0 Å². The molecule has 0 aliphatic carbocycles. The van der Waals surface area contributed by atoms with Crippen molar-refractivity contribution in [3.63, 3.8) is 0 Å². The van der Waals surface area contributed by atoms with Crippen molar-refractivity contribution in [3.05, 3.63) is 60.7 Å². The minimum absolute atomic E-state index is 0. The van der Waals surface area contributed by atoms with Gasteiger partial charge in [0.05, 0.1) is 0 Å². The molecule has 0 amide bonds. The number of nitrogens with zero attached hydrogens (tertiary/aromatic N) is 6. The first-order valence-electron chi connectivity index (χ1n) is 2.19. The van der Waals surface area contributed by atoms with E-state index in [9.17, 15) is 0 Å². The van der Waals surface area contributed by atoms with Crippen LogP contribution in [0.1, 0.15) is 0 Å². The standard InChI is InChI=1S/Co.6HNO2.4Na/c;6*2-1-3;;;;/h;6*(H,2,3);;;;/q;;;;;;;4*+1/p-6. The normalized spacial score (nSPS) is 3.13. The Kier molecular flexibility index (Phi) is 755. The van der Waals surface area contributed by atoms with Crippen LogP contribution in [0.4, 0.5) is 0 Å². The molecule has 0 saturated heterocycles. The Morgan fingerprint density at radius 3 is 0.348 bits per heavy atom. The second kappa shape index (κ2) is 230. The summed E-state index contributed by atoms with van der Waals surface area (Å²) in [6, 6.07) is 0. The molecule has 0 heterocycles. The largest absolute Gasteiger partial charge is 1.00 e. The zero-order valence-corrected chi connectivity index (χ0v) is 21.0. The molecule has 0 N–H and O–H groups in total. The predicted octanol–water partition coefficient (Wildman–Crippen LogP) is -10.5. The van der Waals surface area contributed by atoms with E-state index in [-0.39, 0.29) is 135 Å². The van der Waals surface area contributed by atoms with Gasteiger partial charge in [-0.3, -0.25) is 0 Å². The van der Waals surface area contributed by atoms with Crippen LogP contribution in [-0.2, 0) is 16.8 Å². The Morgan fingerprint density at radius 1 is 0.348 bits per heavy atom. The zero-order valence-electron chi connectivity index (χ0n) is 11.9. The summed E-state index contributed by atoms with van der Waals surface area (Å²) in [6.45, 7) is 0. The molecular weight excluding hydrogens is 427 g/mol. The van der Waals surface area contributed by atoms with Crippen LogP contribution in [0.15, 0.2) is 32.0 Å². The Hall–Kier alpha value is 0.906. The summed E-state index contributed by atoms with van der Waals surface area (Å²) in [6.07, 6.45) is 0. The van der Waals surface area contributed by atoms with Gasteiger partial charge in [0, 0.05) is 16.8 Å². The van der Waals surface area contributed by atoms with Crippen molar-refractivity contribution in [2.24, 2.45) is 32.0 Å². The molecule has 0 saturated carbocycles. The van der Waals surface area contributed by atoms with Gasteiger partial charge >= 0.3 is 118 Å². The average molecular weight is 427 g/mol. The fourth-order valence-electron chi connectivity index (χ4n) is 0. The Morgan fingerprint density at radius 2 is 0.348 bits per heavy atom. The zero-order chi connectivity index (χ0) is 16.2. The summed E-state index contributed by atoms with van der Waals surface area (Å²) in [7, 11) is 0. The van der Waals surface area contributed by atoms with Crippen LogP contribution < -0.4 is 118 Å². The quantitative estimate of drug-likeness (QED) is 0.198. The smallest absolute Gasteiger partial charge is 0.444 e. The predicted molar refractivity (Wildman–Crippen MR) is 55.0 cm³/mol. The molecule has 23 heteroatoms. The third-order valence-corrected chi connectivity index (χ3v) is 0. The summed E-state index contributed by atoms with van der Waals surface area (Å²) in [5.74, 6) is 0. The molecule has 0 rings (SSSR count). The molecule has 117 valence electrons. The van der Waals surface area contributed by atoms with Gasteiger partial charge in [0.1, 0.15) is 0 Å². The minimum atomic E-state index is 0. The summed E-state index contributed by atoms with van der Waals surface area (Å²) < 4.78 is 0. The molecule has 23 heavy (non-hydrogen) atoms. The Bertz CT molecular complexity index is 129. The van der Waals surface area contributed by atoms with E-state index < -0.39 is 0 Å². The maximum atomic E-state index is 8.00. The molecule has 0 unspecified atom stereocenters. The van der Waals surface area contributed by atoms with Crippen LogP contribution in [0.25, 0.3) is 0 Å². The van der Waals surface area contributed by atoms with Crippen LogP contribution in [-0.4, -0.2) is 0 Å². The van der Waals surface area contributed by atoms with Crippen LogP contribution >= 0.6 is 0 Å². The molecule has 0 aromatic heterocycles. The van der Waals surface area contributed by atoms with E-state index in [2.05, 4.69) is 0 Å². The third-order valence-electron chi connectivity index (χ3n) is 0. The summed E-state index contributed by atoms with van der Waals surface area (Å²) in [4.78, 5) is 48.0. The van der Waals surface area contributed by atoms with Crippen molar-refractivity contribution >= 4 is 0 Å². The molecule has 0 aliphatic heterocycles. The second-order valence-corrected chi connectivity index (χ2v) is 0.447. The fourth-order valence-corrected chi connectivity index (χ4v) is 0. The van der Waals surface area contributed by atoms with E-state index in [0.29, 0.717) is 0 Å². The van der Waals surface area contributed by atoms with Gasteiger partial charge in [-0.15, -0.1) is 32.0 Å². The van der Waals surface area contributed by atoms with E-state index in [0.717, 1.165) is 32.0 Å². The van der Waals surface area contributed by atoms with E-state index in [1.54, 1.807) is 0 Å². The van der Waals surface area contributed by atoms with Crippen LogP contribution in [0, 0.1) is 60.7 Å². The van der Waals surface area contributed by atoms with Gasteiger partial charge in [-0.2, -0.15) is 0 Å². The molecular formula is CoN6Na4O12-2. The van der Waals surface area contributed by atoms with Crippen LogP contribution in [0.3, 0.4) is 0 Å². The second-order valence-electron chi connectivity index (χ2n) is 0.447. The SMILES string of the molecule is O=N[O-].O=N[O-].O=N[O-].O=N[O-].O=N[O-].O=N[O-].[Co].[Na+].[Na+].[Na+].[Na+]. The van der Waals surface area contributed by atoms with Gasteiger partial charge in [0.25, 0.3) is 0 Å². The molecule has 0 bridgehead atoms. The van der Waals surface area contributed by atoms with Crippen molar-refractivity contribution < 1.29 is 135 Å². The topological polar surface area (TPSA) is 315 Å². The Balaban J connectivity index is -0.00000000800. The first-order chi connectivity index (χ1) is 8.49. The molecule has 1 radical (unpaired) electrons. The molecule has 0 aromatic rings. The van der Waals surface area contributed by atoms with Crippen molar-refractivity contribution in [2.45, 2.75) is 0 Å². The summed E-state index contributed by atoms with van der Waals surface area (Å²) >= 11 is 0. The molecule has 0 aliphatic rings. The van der Waals surface area contributed by atoms with Gasteiger partial charge in [-0.1, -0.05) is 0 Å². The first kappa shape index (κ1) is 75.3. The molecule has 0 spiro atoms. The number of rotatable bonds is 0. The van der Waals surface area contributed by atoms with Crippen LogP contribution in [0.2, 0.25) is 0 Å². The summed E-state index contributed by atoms with van der Waals surface area (Å²) in [5, 5.41) is 54.0. The van der Waals surface area contributed by atoms with E-state index in [4.69, 9.17) is 60.7 Å². The Labute approximate surface area is 224 Å². The number of hydrogen-bond donors (Lipinski definition) is 0. The van der Waals surface area contributed by atoms with Crippen molar-refractivity contribution in [1.29, 1.82) is 0 Å². The van der Waals surface area contributed by atoms with Gasteiger partial charge in [0.2, 0.25) is 0 Å². The molecule has 0 atom stereocenters. The van der Waals surface area contributed by atoms with Crippen molar-refractivity contribution in [1.82, 2.24) is 0 Å². The summed E-state index contributed by atoms with van der Waals surface area (Å²) in [5.41, 5.74) is 0. The molecule has 0 fully saturated rings. The van der Waals surface area contributed by atoms with Gasteiger partial charge in [0.15, 0.2) is 0 Å². The number of hydrogen-bond acceptors (Lipinski definition) is 18. The van der Waals surface area contributed by atoms with Crippen molar-refractivity contribution in [3.8, 4) is 0 Å². The maximum absolute atomic E-state index is 8.00. The van der Waals surface area contributed by atoms with Crippen LogP contribution in [0.5, 0.6) is 0 Å². The minimum Gasteiger partial charge on any atom is -0.444 e. The molecule has 0 aromatic carbocycles. The van der Waals surface area contributed by atoms with E-state index in [1.807, 2.05) is 0 Å². The molecule has 18 nitrogen and oxygen atoms in total. The average Bonchev–Trinajstić information content (AvgIpc) is 2.23. The van der Waals surface area contributed by atoms with Gasteiger partial charge < -0.3 is 60.7 Å². The van der Waals surface area contributed by atoms with Gasteiger partial charge in [-0.05, 0) is 0 Å². The first-order valence-corrected chi connectivity index (χ1v) is 2.19.